The van der Waals surface area contributed by atoms with E-state index in [0.29, 0.717) is 0 Å². The van der Waals surface area contributed by atoms with Crippen LogP contribution in [0.3, 0.4) is 0 Å². The molecule has 5 heteroatoms. The fourth-order valence-corrected chi connectivity index (χ4v) is 0.785. The van der Waals surface area contributed by atoms with Gasteiger partial charge in [-0.15, -0.1) is 0 Å². The number of unbranched alkanes of at least 4 members (excludes halogenated alkanes) is 1. The van der Waals surface area contributed by atoms with Crippen molar-refractivity contribution in [1.29, 1.82) is 0 Å². The van der Waals surface area contributed by atoms with Crippen LogP contribution in [0.25, 0.3) is 0 Å². The van der Waals surface area contributed by atoms with Gasteiger partial charge in [-0.3, -0.25) is 0 Å². The van der Waals surface area contributed by atoms with Crippen molar-refractivity contribution in [3.63, 3.8) is 0 Å². The molecule has 0 saturated heterocycles. The lowest BCUT2D eigenvalue weighted by Gasteiger charge is -2.08. The lowest BCUT2D eigenvalue weighted by atomic mass is 10.0. The first-order valence-corrected chi connectivity index (χ1v) is 4.80. The fraction of sp³-hybridized carbons (Fsp3) is 0.700. The lowest BCUT2D eigenvalue weighted by molar-refractivity contribution is -0.131. The van der Waals surface area contributed by atoms with Gasteiger partial charge in [-0.25, -0.2) is 4.79 Å². The van der Waals surface area contributed by atoms with Gasteiger partial charge in [-0.1, -0.05) is 13.0 Å². The van der Waals surface area contributed by atoms with Crippen molar-refractivity contribution in [2.45, 2.75) is 19.3 Å². The normalized spacial score (nSPS) is 9.33. The third kappa shape index (κ3) is 15.8. The summed E-state index contributed by atoms with van der Waals surface area (Å²) in [6, 6.07) is 0. The fourth-order valence-electron chi connectivity index (χ4n) is 0.785. The number of hydrogen-bond acceptors (Lipinski definition) is 4. The standard InChI is InChI=1S/C7H16O3.C3H4O2/c8-4-2-1-3-7(5-9)6-10;1-2-3(4)5/h7-10H,1-6H2;2H,1H2,(H,4,5). The van der Waals surface area contributed by atoms with Gasteiger partial charge in [-0.2, -0.15) is 0 Å². The van der Waals surface area contributed by atoms with E-state index in [1.807, 2.05) is 0 Å². The van der Waals surface area contributed by atoms with E-state index in [-0.39, 0.29) is 25.7 Å². The first kappa shape index (κ1) is 16.5. The number of aliphatic hydroxyl groups is 3. The minimum atomic E-state index is -0.981. The van der Waals surface area contributed by atoms with Crippen molar-refractivity contribution in [2.75, 3.05) is 19.8 Å². The molecule has 0 aliphatic heterocycles. The van der Waals surface area contributed by atoms with E-state index >= 15 is 0 Å². The second-order valence-corrected chi connectivity index (χ2v) is 2.99. The number of rotatable bonds is 7. The van der Waals surface area contributed by atoms with E-state index < -0.39 is 5.97 Å². The molecule has 4 N–H and O–H groups in total. The molecule has 0 unspecified atom stereocenters. The summed E-state index contributed by atoms with van der Waals surface area (Å²) in [4.78, 5) is 9.25. The van der Waals surface area contributed by atoms with E-state index in [4.69, 9.17) is 20.4 Å². The van der Waals surface area contributed by atoms with Gasteiger partial charge in [0.1, 0.15) is 0 Å². The van der Waals surface area contributed by atoms with Gasteiger partial charge in [0.2, 0.25) is 0 Å². The molecule has 0 aromatic rings. The summed E-state index contributed by atoms with van der Waals surface area (Å²) in [7, 11) is 0. The van der Waals surface area contributed by atoms with E-state index in [2.05, 4.69) is 6.58 Å². The molecule has 0 aliphatic rings. The third-order valence-corrected chi connectivity index (χ3v) is 1.71. The average molecular weight is 220 g/mol. The van der Waals surface area contributed by atoms with Crippen molar-refractivity contribution >= 4 is 5.97 Å². The van der Waals surface area contributed by atoms with Crippen LogP contribution in [0.4, 0.5) is 0 Å². The first-order chi connectivity index (χ1) is 7.12. The summed E-state index contributed by atoms with van der Waals surface area (Å²) in [6.07, 6.45) is 3.27. The van der Waals surface area contributed by atoms with Crippen LogP contribution in [0.2, 0.25) is 0 Å². The Labute approximate surface area is 89.7 Å². The Morgan fingerprint density at radius 1 is 1.20 bits per heavy atom. The molecule has 90 valence electrons. The maximum absolute atomic E-state index is 9.25. The number of hydrogen-bond donors (Lipinski definition) is 4. The molecule has 0 spiro atoms. The quantitative estimate of drug-likeness (QED) is 0.358. The summed E-state index contributed by atoms with van der Waals surface area (Å²) in [5, 5.41) is 33.2. The van der Waals surface area contributed by atoms with Gasteiger partial charge >= 0.3 is 5.97 Å². The Balaban J connectivity index is 0. The highest BCUT2D eigenvalue weighted by Crippen LogP contribution is 2.05. The van der Waals surface area contributed by atoms with Crippen LogP contribution in [0.15, 0.2) is 12.7 Å². The number of aliphatic hydroxyl groups excluding tert-OH is 3. The zero-order valence-electron chi connectivity index (χ0n) is 8.80. The van der Waals surface area contributed by atoms with Crippen LogP contribution in [-0.2, 0) is 4.79 Å². The Bertz CT molecular complexity index is 154. The number of carboxylic acid groups (broad SMARTS) is 1. The van der Waals surface area contributed by atoms with Crippen LogP contribution >= 0.6 is 0 Å². The van der Waals surface area contributed by atoms with Crippen molar-refractivity contribution in [3.05, 3.63) is 12.7 Å². The Kier molecular flexibility index (Phi) is 14.4. The van der Waals surface area contributed by atoms with Gasteiger partial charge in [0.05, 0.1) is 0 Å². The van der Waals surface area contributed by atoms with Crippen LogP contribution < -0.4 is 0 Å². The second kappa shape index (κ2) is 13.1. The topological polar surface area (TPSA) is 98.0 Å². The largest absolute Gasteiger partial charge is 0.478 e. The third-order valence-electron chi connectivity index (χ3n) is 1.71. The van der Waals surface area contributed by atoms with Gasteiger partial charge < -0.3 is 20.4 Å². The number of carbonyl (C=O) groups is 1. The zero-order valence-corrected chi connectivity index (χ0v) is 8.80. The molecule has 0 radical (unpaired) electrons. The highest BCUT2D eigenvalue weighted by molar-refractivity contribution is 5.78. The summed E-state index contributed by atoms with van der Waals surface area (Å²) in [6.45, 7) is 3.25. The Hall–Kier alpha value is -0.910. The van der Waals surface area contributed by atoms with Crippen LogP contribution in [0, 0.1) is 5.92 Å². The zero-order chi connectivity index (χ0) is 12.1. The molecule has 0 aromatic heterocycles. The molecule has 0 rings (SSSR count). The van der Waals surface area contributed by atoms with Crippen LogP contribution in [0.1, 0.15) is 19.3 Å². The lowest BCUT2D eigenvalue weighted by Crippen LogP contribution is -2.10. The molecule has 0 heterocycles. The number of carboxylic acids is 1. The van der Waals surface area contributed by atoms with Gasteiger partial charge in [0.15, 0.2) is 0 Å². The molecule has 15 heavy (non-hydrogen) atoms. The van der Waals surface area contributed by atoms with Crippen LogP contribution in [-0.4, -0.2) is 46.2 Å². The Morgan fingerprint density at radius 2 is 1.67 bits per heavy atom. The minimum absolute atomic E-state index is 0.00606. The number of aliphatic carboxylic acids is 1. The molecule has 0 atom stereocenters. The van der Waals surface area contributed by atoms with Gasteiger partial charge in [-0.05, 0) is 12.8 Å². The van der Waals surface area contributed by atoms with Gasteiger partial charge in [0, 0.05) is 31.8 Å². The maximum atomic E-state index is 9.25. The molecule has 0 bridgehead atoms. The monoisotopic (exact) mass is 220 g/mol. The van der Waals surface area contributed by atoms with Crippen molar-refractivity contribution in [1.82, 2.24) is 0 Å². The first-order valence-electron chi connectivity index (χ1n) is 4.80. The minimum Gasteiger partial charge on any atom is -0.478 e. The molecule has 0 aromatic carbocycles. The highest BCUT2D eigenvalue weighted by atomic mass is 16.4. The average Bonchev–Trinajstić information content (AvgIpc) is 2.25. The van der Waals surface area contributed by atoms with E-state index in [1.165, 1.54) is 0 Å². The van der Waals surface area contributed by atoms with Gasteiger partial charge in [0.25, 0.3) is 0 Å². The molecular formula is C10H20O5. The van der Waals surface area contributed by atoms with E-state index in [0.717, 1.165) is 25.3 Å². The molecule has 0 saturated carbocycles. The van der Waals surface area contributed by atoms with Crippen molar-refractivity contribution < 1.29 is 25.2 Å². The van der Waals surface area contributed by atoms with Crippen molar-refractivity contribution in [3.8, 4) is 0 Å². The predicted octanol–water partition coefficient (Wildman–Crippen LogP) is 0.00680. The molecule has 0 fully saturated rings. The highest BCUT2D eigenvalue weighted by Gasteiger charge is 2.03. The molecule has 5 nitrogen and oxygen atoms in total. The summed E-state index contributed by atoms with van der Waals surface area (Å²) >= 11 is 0. The Morgan fingerprint density at radius 3 is 1.93 bits per heavy atom. The SMILES string of the molecule is C=CC(=O)O.OCCCCC(CO)CO. The summed E-state index contributed by atoms with van der Waals surface area (Å²) in [5.41, 5.74) is 0. The smallest absolute Gasteiger partial charge is 0.327 e. The second-order valence-electron chi connectivity index (χ2n) is 2.99. The molecule has 0 amide bonds. The van der Waals surface area contributed by atoms with Crippen molar-refractivity contribution in [2.24, 2.45) is 5.92 Å². The van der Waals surface area contributed by atoms with E-state index in [9.17, 15) is 4.79 Å². The van der Waals surface area contributed by atoms with E-state index in [1.54, 1.807) is 0 Å². The molecule has 0 aliphatic carbocycles. The summed E-state index contributed by atoms with van der Waals surface area (Å²) in [5.74, 6) is -0.975. The molecular weight excluding hydrogens is 200 g/mol. The maximum Gasteiger partial charge on any atom is 0.327 e. The van der Waals surface area contributed by atoms with Crippen LogP contribution in [0.5, 0.6) is 0 Å². The summed E-state index contributed by atoms with van der Waals surface area (Å²) < 4.78 is 0. The predicted molar refractivity (Wildman–Crippen MR) is 56.4 cm³/mol.